The maximum absolute atomic E-state index is 14.4. The number of halogens is 4. The Morgan fingerprint density at radius 3 is 2.48 bits per heavy atom. The lowest BCUT2D eigenvalue weighted by Gasteiger charge is -2.13. The molecule has 0 aliphatic heterocycles. The van der Waals surface area contributed by atoms with Gasteiger partial charge in [-0.1, -0.05) is 18.2 Å². The van der Waals surface area contributed by atoms with Crippen molar-refractivity contribution in [3.05, 3.63) is 66.2 Å². The summed E-state index contributed by atoms with van der Waals surface area (Å²) in [5, 5.41) is 3.58. The van der Waals surface area contributed by atoms with E-state index < -0.39 is 17.6 Å². The summed E-state index contributed by atoms with van der Waals surface area (Å²) in [5.41, 5.74) is 5.21. The predicted molar refractivity (Wildman–Crippen MR) is 99.7 cm³/mol. The van der Waals surface area contributed by atoms with E-state index in [0.29, 0.717) is 22.7 Å². The number of alkyl halides is 3. The van der Waals surface area contributed by atoms with Crippen molar-refractivity contribution in [2.45, 2.75) is 6.18 Å². The lowest BCUT2D eigenvalue weighted by Crippen LogP contribution is -2.06. The van der Waals surface area contributed by atoms with E-state index >= 15 is 0 Å². The lowest BCUT2D eigenvalue weighted by molar-refractivity contribution is -0.137. The Morgan fingerprint density at radius 1 is 0.931 bits per heavy atom. The number of nitrogens with zero attached hydrogens (tertiary/aromatic N) is 4. The van der Waals surface area contributed by atoms with E-state index in [9.17, 15) is 17.6 Å². The molecule has 0 atom stereocenters. The van der Waals surface area contributed by atoms with E-state index in [-0.39, 0.29) is 23.2 Å². The molecule has 3 N–H and O–H groups in total. The number of hydrogen-bond acceptors (Lipinski definition) is 6. The first kappa shape index (κ1) is 18.5. The minimum Gasteiger partial charge on any atom is -0.368 e. The molecule has 0 unspecified atom stereocenters. The molecule has 4 rings (SSSR count). The zero-order chi connectivity index (χ0) is 20.6. The highest BCUT2D eigenvalue weighted by atomic mass is 19.4. The molecule has 146 valence electrons. The number of nitrogens with one attached hydrogen (secondary N) is 1. The minimum absolute atomic E-state index is 0.00925. The summed E-state index contributed by atoms with van der Waals surface area (Å²) in [6.07, 6.45) is -3.40. The van der Waals surface area contributed by atoms with Crippen molar-refractivity contribution in [3.63, 3.8) is 0 Å². The number of aromatic nitrogens is 4. The second kappa shape index (κ2) is 6.97. The van der Waals surface area contributed by atoms with Crippen LogP contribution in [0.2, 0.25) is 0 Å². The number of hydrogen-bond donors (Lipinski definition) is 2. The summed E-state index contributed by atoms with van der Waals surface area (Å²) in [5.74, 6) is -0.703. The van der Waals surface area contributed by atoms with Crippen molar-refractivity contribution in [3.8, 4) is 11.3 Å². The van der Waals surface area contributed by atoms with Crippen LogP contribution < -0.4 is 11.1 Å². The monoisotopic (exact) mass is 400 g/mol. The van der Waals surface area contributed by atoms with Crippen molar-refractivity contribution < 1.29 is 17.6 Å². The van der Waals surface area contributed by atoms with E-state index in [1.165, 1.54) is 12.4 Å². The molecular formula is C19H12F4N6. The number of nitrogens with two attached hydrogens (primary N) is 1. The van der Waals surface area contributed by atoms with Gasteiger partial charge in [-0.25, -0.2) is 19.3 Å². The van der Waals surface area contributed by atoms with Crippen molar-refractivity contribution in [1.29, 1.82) is 0 Å². The number of nitrogen functional groups attached to an aromatic ring is 1. The van der Waals surface area contributed by atoms with Crippen molar-refractivity contribution in [2.24, 2.45) is 0 Å². The molecule has 0 fully saturated rings. The number of para-hydroxylation sites is 1. The van der Waals surface area contributed by atoms with Crippen LogP contribution in [0.15, 0.2) is 54.9 Å². The molecule has 29 heavy (non-hydrogen) atoms. The third-order valence-electron chi connectivity index (χ3n) is 4.12. The van der Waals surface area contributed by atoms with Gasteiger partial charge in [0.1, 0.15) is 12.1 Å². The Labute approximate surface area is 161 Å². The highest BCUT2D eigenvalue weighted by Gasteiger charge is 2.31. The molecule has 10 heteroatoms. The van der Waals surface area contributed by atoms with Gasteiger partial charge in [-0.05, 0) is 30.3 Å². The summed E-state index contributed by atoms with van der Waals surface area (Å²) in [6.45, 7) is 0. The molecule has 0 radical (unpaired) electrons. The van der Waals surface area contributed by atoms with Crippen LogP contribution in [0, 0.1) is 5.82 Å². The van der Waals surface area contributed by atoms with Gasteiger partial charge in [-0.2, -0.15) is 18.2 Å². The molecule has 2 aromatic carbocycles. The average molecular weight is 400 g/mol. The number of anilines is 3. The van der Waals surface area contributed by atoms with Crippen LogP contribution in [0.4, 0.5) is 35.1 Å². The first-order valence-corrected chi connectivity index (χ1v) is 8.30. The van der Waals surface area contributed by atoms with Crippen molar-refractivity contribution in [1.82, 2.24) is 19.9 Å². The smallest absolute Gasteiger partial charge is 0.368 e. The molecule has 0 saturated carbocycles. The summed E-state index contributed by atoms with van der Waals surface area (Å²) in [7, 11) is 0. The van der Waals surface area contributed by atoms with Crippen LogP contribution in [-0.4, -0.2) is 19.9 Å². The summed E-state index contributed by atoms with van der Waals surface area (Å²) in [6, 6.07) is 10.5. The van der Waals surface area contributed by atoms with Crippen molar-refractivity contribution >= 4 is 28.5 Å². The maximum atomic E-state index is 14.4. The number of benzene rings is 2. The van der Waals surface area contributed by atoms with Crippen LogP contribution in [0.3, 0.4) is 0 Å². The SMILES string of the molecule is Nc1ncnc(Nc2cc(-c3cc(C(F)(F)F)ccc3F)nc3ccccc23)n1. The third kappa shape index (κ3) is 3.77. The van der Waals surface area contributed by atoms with Crippen LogP contribution in [0.5, 0.6) is 0 Å². The predicted octanol–water partition coefficient (Wildman–Crippen LogP) is 4.57. The maximum Gasteiger partial charge on any atom is 0.416 e. The average Bonchev–Trinajstić information content (AvgIpc) is 2.67. The molecule has 2 aromatic heterocycles. The van der Waals surface area contributed by atoms with Gasteiger partial charge in [0.05, 0.1) is 22.5 Å². The zero-order valence-corrected chi connectivity index (χ0v) is 14.6. The molecule has 0 aliphatic rings. The highest BCUT2D eigenvalue weighted by molar-refractivity contribution is 5.95. The zero-order valence-electron chi connectivity index (χ0n) is 14.6. The normalized spacial score (nSPS) is 11.6. The Kier molecular flexibility index (Phi) is 4.45. The molecule has 0 amide bonds. The third-order valence-corrected chi connectivity index (χ3v) is 4.12. The standard InChI is InChI=1S/C19H12F4N6/c20-13-6-5-10(19(21,22)23)7-12(13)16-8-15(11-3-1-2-4-14(11)27-16)28-18-26-9-25-17(24)29-18/h1-9H,(H3,24,25,26,27,28,29). The van der Waals surface area contributed by atoms with E-state index in [4.69, 9.17) is 5.73 Å². The summed E-state index contributed by atoms with van der Waals surface area (Å²) in [4.78, 5) is 15.9. The van der Waals surface area contributed by atoms with Gasteiger partial charge in [0.15, 0.2) is 0 Å². The van der Waals surface area contributed by atoms with Crippen LogP contribution in [0.25, 0.3) is 22.2 Å². The Bertz CT molecular complexity index is 1210. The van der Waals surface area contributed by atoms with E-state index in [2.05, 4.69) is 25.3 Å². The molecule has 6 nitrogen and oxygen atoms in total. The second-order valence-corrected chi connectivity index (χ2v) is 6.06. The summed E-state index contributed by atoms with van der Waals surface area (Å²) < 4.78 is 53.6. The molecule has 0 spiro atoms. The van der Waals surface area contributed by atoms with Crippen molar-refractivity contribution in [2.75, 3.05) is 11.1 Å². The molecule has 4 aromatic rings. The van der Waals surface area contributed by atoms with Crippen LogP contribution >= 0.6 is 0 Å². The Morgan fingerprint density at radius 2 is 1.72 bits per heavy atom. The molecular weight excluding hydrogens is 388 g/mol. The number of pyridine rings is 1. The molecule has 2 heterocycles. The molecule has 0 saturated heterocycles. The fraction of sp³-hybridized carbons (Fsp3) is 0.0526. The second-order valence-electron chi connectivity index (χ2n) is 6.06. The van der Waals surface area contributed by atoms with Crippen LogP contribution in [0.1, 0.15) is 5.56 Å². The molecule has 0 bridgehead atoms. The number of rotatable bonds is 3. The van der Waals surface area contributed by atoms with Gasteiger partial charge in [-0.15, -0.1) is 0 Å². The van der Waals surface area contributed by atoms with Crippen LogP contribution in [-0.2, 0) is 6.18 Å². The van der Waals surface area contributed by atoms with Gasteiger partial charge in [0.25, 0.3) is 0 Å². The van der Waals surface area contributed by atoms with Gasteiger partial charge in [0, 0.05) is 10.9 Å². The Balaban J connectivity index is 1.89. The van der Waals surface area contributed by atoms with E-state index in [1.54, 1.807) is 24.3 Å². The quantitative estimate of drug-likeness (QED) is 0.490. The van der Waals surface area contributed by atoms with E-state index in [1.807, 2.05) is 0 Å². The fourth-order valence-corrected chi connectivity index (χ4v) is 2.80. The largest absolute Gasteiger partial charge is 0.416 e. The molecule has 0 aliphatic carbocycles. The van der Waals surface area contributed by atoms with Gasteiger partial charge in [-0.3, -0.25) is 0 Å². The number of fused-ring (bicyclic) bond motifs is 1. The van der Waals surface area contributed by atoms with Gasteiger partial charge < -0.3 is 11.1 Å². The Hall–Kier alpha value is -3.82. The topological polar surface area (TPSA) is 89.6 Å². The van der Waals surface area contributed by atoms with E-state index in [0.717, 1.165) is 12.1 Å². The van der Waals surface area contributed by atoms with Gasteiger partial charge in [0.2, 0.25) is 11.9 Å². The highest BCUT2D eigenvalue weighted by Crippen LogP contribution is 2.35. The summed E-state index contributed by atoms with van der Waals surface area (Å²) >= 11 is 0. The minimum atomic E-state index is -4.61. The fourth-order valence-electron chi connectivity index (χ4n) is 2.80. The first-order valence-electron chi connectivity index (χ1n) is 8.30. The lowest BCUT2D eigenvalue weighted by atomic mass is 10.0. The first-order chi connectivity index (χ1) is 13.8. The van der Waals surface area contributed by atoms with Gasteiger partial charge >= 0.3 is 6.18 Å².